The minimum Gasteiger partial charge on any atom is -0.384 e. The molecule has 0 aliphatic carbocycles. The molecule has 0 aromatic heterocycles. The Balaban J connectivity index is 1.37. The van der Waals surface area contributed by atoms with Gasteiger partial charge in [0.25, 0.3) is 5.91 Å². The lowest BCUT2D eigenvalue weighted by Gasteiger charge is -2.34. The van der Waals surface area contributed by atoms with Crippen LogP contribution in [0.2, 0.25) is 0 Å². The molecule has 0 bridgehead atoms. The largest absolute Gasteiger partial charge is 0.384 e. The molecule has 2 fully saturated rings. The van der Waals surface area contributed by atoms with Crippen molar-refractivity contribution in [2.45, 2.75) is 38.6 Å². The van der Waals surface area contributed by atoms with E-state index in [2.05, 4.69) is 16.7 Å². The number of nitrogens with one attached hydrogen (secondary N) is 2. The predicted octanol–water partition coefficient (Wildman–Crippen LogP) is 2.68. The van der Waals surface area contributed by atoms with Gasteiger partial charge in [0.2, 0.25) is 15.9 Å². The normalized spacial score (nSPS) is 22.1. The summed E-state index contributed by atoms with van der Waals surface area (Å²) in [4.78, 5) is 24.8. The van der Waals surface area contributed by atoms with Crippen LogP contribution in [-0.2, 0) is 26.1 Å². The molecule has 2 unspecified atom stereocenters. The predicted molar refractivity (Wildman–Crippen MR) is 146 cm³/mol. The Morgan fingerprint density at radius 2 is 1.92 bits per heavy atom. The lowest BCUT2D eigenvalue weighted by atomic mass is 9.80. The molecule has 2 aromatic carbocycles. The Morgan fingerprint density at radius 3 is 2.61 bits per heavy atom. The molecule has 0 radical (unpaired) electrons. The molecule has 3 aliphatic rings. The number of anilines is 1. The summed E-state index contributed by atoms with van der Waals surface area (Å²) in [5.41, 5.74) is 10.9. The zero-order chi connectivity index (χ0) is 26.9. The monoisotopic (exact) mass is 540 g/mol. The molecule has 0 saturated carbocycles. The summed E-state index contributed by atoms with van der Waals surface area (Å²) in [6, 6.07) is 11.9. The molecule has 4 N–H and O–H groups in total. The number of carbonyl (C=O) groups excluding carboxylic acids is 2. The SMILES string of the molecule is CCS(=O)(=O)N1CCC(C2CNc3c(C(N)=O)cc(-c4cccc(CNC(=O)C5CCOC5)c4)cc32)CC1. The third-order valence-corrected chi connectivity index (χ3v) is 10.1. The number of piperidine rings is 1. The first-order chi connectivity index (χ1) is 18.3. The highest BCUT2D eigenvalue weighted by atomic mass is 32.2. The van der Waals surface area contributed by atoms with E-state index in [-0.39, 0.29) is 23.5 Å². The molecule has 3 aliphatic heterocycles. The number of rotatable bonds is 8. The van der Waals surface area contributed by atoms with Crippen LogP contribution in [0.3, 0.4) is 0 Å². The minimum atomic E-state index is -3.18. The van der Waals surface area contributed by atoms with E-state index in [1.54, 1.807) is 11.2 Å². The van der Waals surface area contributed by atoms with Gasteiger partial charge in [0.05, 0.1) is 29.5 Å². The van der Waals surface area contributed by atoms with Gasteiger partial charge in [0, 0.05) is 38.7 Å². The summed E-state index contributed by atoms with van der Waals surface area (Å²) in [6.45, 7) is 4.94. The van der Waals surface area contributed by atoms with E-state index < -0.39 is 15.9 Å². The van der Waals surface area contributed by atoms with E-state index in [0.717, 1.165) is 47.2 Å². The van der Waals surface area contributed by atoms with Crippen LogP contribution in [0.4, 0.5) is 5.69 Å². The van der Waals surface area contributed by atoms with Crippen LogP contribution in [0.1, 0.15) is 53.6 Å². The van der Waals surface area contributed by atoms with Gasteiger partial charge in [-0.15, -0.1) is 0 Å². The Morgan fingerprint density at radius 1 is 1.13 bits per heavy atom. The maximum atomic E-state index is 12.4. The maximum Gasteiger partial charge on any atom is 0.250 e. The number of nitrogens with two attached hydrogens (primary N) is 1. The fraction of sp³-hybridized carbons (Fsp3) is 0.500. The van der Waals surface area contributed by atoms with Crippen LogP contribution < -0.4 is 16.4 Å². The number of primary amides is 1. The standard InChI is InChI=1S/C28H36N4O5S/c1-2-38(35,36)32-9-6-19(7-10-32)25-16-30-26-23(25)13-22(14-24(26)27(29)33)20-5-3-4-18(12-20)15-31-28(34)21-8-11-37-17-21/h3-5,12-14,19,21,25,30H,2,6-11,15-17H2,1H3,(H2,29,33)(H,31,34). The van der Waals surface area contributed by atoms with Gasteiger partial charge in [-0.25, -0.2) is 12.7 Å². The zero-order valence-corrected chi connectivity index (χ0v) is 22.6. The molecule has 2 atom stereocenters. The lowest BCUT2D eigenvalue weighted by molar-refractivity contribution is -0.125. The molecular formula is C28H36N4O5S. The first kappa shape index (κ1) is 26.6. The van der Waals surface area contributed by atoms with Crippen molar-refractivity contribution in [3.63, 3.8) is 0 Å². The second kappa shape index (κ2) is 11.0. The Bertz CT molecular complexity index is 1310. The van der Waals surface area contributed by atoms with Gasteiger partial charge in [0.1, 0.15) is 0 Å². The van der Waals surface area contributed by atoms with E-state index in [0.29, 0.717) is 50.9 Å². The molecule has 10 heteroatoms. The maximum absolute atomic E-state index is 12.4. The van der Waals surface area contributed by atoms with Gasteiger partial charge in [0.15, 0.2) is 0 Å². The van der Waals surface area contributed by atoms with Crippen LogP contribution in [-0.4, -0.2) is 63.1 Å². The molecule has 9 nitrogen and oxygen atoms in total. The highest BCUT2D eigenvalue weighted by molar-refractivity contribution is 7.89. The summed E-state index contributed by atoms with van der Waals surface area (Å²) >= 11 is 0. The van der Waals surface area contributed by atoms with E-state index in [9.17, 15) is 18.0 Å². The van der Waals surface area contributed by atoms with Crippen molar-refractivity contribution in [3.8, 4) is 11.1 Å². The van der Waals surface area contributed by atoms with E-state index in [1.165, 1.54) is 0 Å². The quantitative estimate of drug-likeness (QED) is 0.472. The highest BCUT2D eigenvalue weighted by Gasteiger charge is 2.36. The summed E-state index contributed by atoms with van der Waals surface area (Å²) < 4.78 is 31.5. The van der Waals surface area contributed by atoms with Gasteiger partial charge in [-0.2, -0.15) is 0 Å². The summed E-state index contributed by atoms with van der Waals surface area (Å²) in [6.07, 6.45) is 2.31. The second-order valence-corrected chi connectivity index (χ2v) is 12.7. The number of benzene rings is 2. The Hall–Kier alpha value is -2.95. The van der Waals surface area contributed by atoms with Crippen molar-refractivity contribution in [1.29, 1.82) is 0 Å². The second-order valence-electron chi connectivity index (χ2n) is 10.5. The molecule has 38 heavy (non-hydrogen) atoms. The van der Waals surface area contributed by atoms with Crippen LogP contribution in [0.25, 0.3) is 11.1 Å². The van der Waals surface area contributed by atoms with Gasteiger partial charge in [-0.1, -0.05) is 18.2 Å². The number of sulfonamides is 1. The van der Waals surface area contributed by atoms with E-state index in [4.69, 9.17) is 10.5 Å². The van der Waals surface area contributed by atoms with Crippen molar-refractivity contribution < 1.29 is 22.7 Å². The fourth-order valence-corrected chi connectivity index (χ4v) is 7.06. The average Bonchev–Trinajstić information content (AvgIpc) is 3.62. The zero-order valence-electron chi connectivity index (χ0n) is 21.7. The van der Waals surface area contributed by atoms with Gasteiger partial charge >= 0.3 is 0 Å². The average molecular weight is 541 g/mol. The summed E-state index contributed by atoms with van der Waals surface area (Å²) in [5, 5.41) is 6.42. The molecule has 0 spiro atoms. The summed E-state index contributed by atoms with van der Waals surface area (Å²) in [7, 11) is -3.18. The molecule has 2 amide bonds. The number of carbonyl (C=O) groups is 2. The van der Waals surface area contributed by atoms with E-state index in [1.807, 2.05) is 30.3 Å². The van der Waals surface area contributed by atoms with Gasteiger partial charge in [-0.05, 0) is 72.6 Å². The first-order valence-corrected chi connectivity index (χ1v) is 15.0. The van der Waals surface area contributed by atoms with Crippen molar-refractivity contribution in [1.82, 2.24) is 9.62 Å². The molecule has 204 valence electrons. The molecule has 2 aromatic rings. The smallest absolute Gasteiger partial charge is 0.250 e. The van der Waals surface area contributed by atoms with Crippen LogP contribution in [0.5, 0.6) is 0 Å². The minimum absolute atomic E-state index is 0.00755. The summed E-state index contributed by atoms with van der Waals surface area (Å²) in [5.74, 6) is 0.0332. The third-order valence-electron chi connectivity index (χ3n) is 8.19. The number of amides is 2. The Labute approximate surface area is 224 Å². The number of hydrogen-bond donors (Lipinski definition) is 3. The topological polar surface area (TPSA) is 131 Å². The number of nitrogens with zero attached hydrogens (tertiary/aromatic N) is 1. The van der Waals surface area contributed by atoms with Crippen molar-refractivity contribution >= 4 is 27.5 Å². The molecular weight excluding hydrogens is 504 g/mol. The highest BCUT2D eigenvalue weighted by Crippen LogP contribution is 2.44. The number of hydrogen-bond acceptors (Lipinski definition) is 6. The van der Waals surface area contributed by atoms with Gasteiger partial charge in [-0.3, -0.25) is 9.59 Å². The van der Waals surface area contributed by atoms with Gasteiger partial charge < -0.3 is 21.1 Å². The molecule has 5 rings (SSSR count). The van der Waals surface area contributed by atoms with Crippen molar-refractivity contribution in [3.05, 3.63) is 53.1 Å². The van der Waals surface area contributed by atoms with Crippen molar-refractivity contribution in [2.24, 2.45) is 17.6 Å². The first-order valence-electron chi connectivity index (χ1n) is 13.4. The molecule has 3 heterocycles. The van der Waals surface area contributed by atoms with Crippen molar-refractivity contribution in [2.75, 3.05) is 43.9 Å². The van der Waals surface area contributed by atoms with Crippen LogP contribution in [0, 0.1) is 11.8 Å². The third kappa shape index (κ3) is 5.43. The van der Waals surface area contributed by atoms with Crippen LogP contribution in [0.15, 0.2) is 36.4 Å². The van der Waals surface area contributed by atoms with Crippen LogP contribution >= 0.6 is 0 Å². The lowest BCUT2D eigenvalue weighted by Crippen LogP contribution is -2.40. The fourth-order valence-electron chi connectivity index (χ4n) is 5.93. The number of fused-ring (bicyclic) bond motifs is 1. The molecule has 2 saturated heterocycles. The van der Waals surface area contributed by atoms with E-state index >= 15 is 0 Å². The number of ether oxygens (including phenoxy) is 1. The Kier molecular flexibility index (Phi) is 7.74.